The molecule has 34 heavy (non-hydrogen) atoms. The Morgan fingerprint density at radius 3 is 1.88 bits per heavy atom. The van der Waals surface area contributed by atoms with Crippen molar-refractivity contribution in [2.24, 2.45) is 5.73 Å². The van der Waals surface area contributed by atoms with E-state index in [0.29, 0.717) is 21.4 Å². The molecule has 1 heterocycles. The van der Waals surface area contributed by atoms with Crippen molar-refractivity contribution in [3.63, 3.8) is 0 Å². The molecule has 0 bridgehead atoms. The van der Waals surface area contributed by atoms with E-state index in [4.69, 9.17) is 10.5 Å². The van der Waals surface area contributed by atoms with E-state index in [1.165, 1.54) is 6.08 Å². The second-order valence-electron chi connectivity index (χ2n) is 7.23. The summed E-state index contributed by atoms with van der Waals surface area (Å²) >= 11 is 3.36. The Kier molecular flexibility index (Phi) is 6.55. The minimum Gasteiger partial charge on any atom is -0.483 e. The Bertz CT molecular complexity index is 1250. The Balaban J connectivity index is 1.86. The SMILES string of the molecule is NC(=O)COc1ccc(Br)cc1C=C1C(=O)N(c2ccccc2)C(=O)N(c2ccccc2)C1=O. The fourth-order valence-corrected chi connectivity index (χ4v) is 3.79. The number of nitrogens with zero attached hydrogens (tertiary/aromatic N) is 2. The number of barbiturate groups is 1. The molecule has 0 aromatic heterocycles. The highest BCUT2D eigenvalue weighted by Gasteiger charge is 2.43. The summed E-state index contributed by atoms with van der Waals surface area (Å²) in [4.78, 5) is 53.3. The van der Waals surface area contributed by atoms with Gasteiger partial charge in [0.1, 0.15) is 11.3 Å². The maximum atomic E-state index is 13.5. The average Bonchev–Trinajstić information content (AvgIpc) is 2.82. The summed E-state index contributed by atoms with van der Waals surface area (Å²) < 4.78 is 6.10. The molecule has 3 aromatic rings. The van der Waals surface area contributed by atoms with Crippen LogP contribution >= 0.6 is 15.9 Å². The summed E-state index contributed by atoms with van der Waals surface area (Å²) in [5.41, 5.74) is 5.91. The van der Waals surface area contributed by atoms with E-state index in [9.17, 15) is 19.2 Å². The van der Waals surface area contributed by atoms with Crippen LogP contribution in [0, 0.1) is 0 Å². The molecule has 1 aliphatic heterocycles. The van der Waals surface area contributed by atoms with Crippen molar-refractivity contribution >= 4 is 57.1 Å². The van der Waals surface area contributed by atoms with Gasteiger partial charge in [0.2, 0.25) is 0 Å². The maximum absolute atomic E-state index is 13.5. The van der Waals surface area contributed by atoms with Gasteiger partial charge in [0.15, 0.2) is 6.61 Å². The monoisotopic (exact) mass is 519 g/mol. The number of hydrogen-bond acceptors (Lipinski definition) is 5. The molecule has 1 fully saturated rings. The van der Waals surface area contributed by atoms with Crippen LogP contribution in [0.5, 0.6) is 5.75 Å². The molecule has 0 unspecified atom stereocenters. The van der Waals surface area contributed by atoms with Gasteiger partial charge in [0, 0.05) is 10.0 Å². The van der Waals surface area contributed by atoms with E-state index < -0.39 is 23.8 Å². The van der Waals surface area contributed by atoms with Crippen LogP contribution in [0.25, 0.3) is 6.08 Å². The van der Waals surface area contributed by atoms with Gasteiger partial charge < -0.3 is 10.5 Å². The lowest BCUT2D eigenvalue weighted by Crippen LogP contribution is -2.57. The van der Waals surface area contributed by atoms with Gasteiger partial charge in [-0.05, 0) is 48.5 Å². The van der Waals surface area contributed by atoms with Crippen molar-refractivity contribution in [2.45, 2.75) is 0 Å². The van der Waals surface area contributed by atoms with Gasteiger partial charge in [0.25, 0.3) is 17.7 Å². The van der Waals surface area contributed by atoms with Crippen LogP contribution in [0.2, 0.25) is 0 Å². The lowest BCUT2D eigenvalue weighted by Gasteiger charge is -2.34. The number of primary amides is 1. The third kappa shape index (κ3) is 4.60. The Morgan fingerprint density at radius 2 is 1.38 bits per heavy atom. The van der Waals surface area contributed by atoms with Gasteiger partial charge in [-0.15, -0.1) is 0 Å². The van der Waals surface area contributed by atoms with Gasteiger partial charge in [0.05, 0.1) is 11.4 Å². The first-order valence-electron chi connectivity index (χ1n) is 10.1. The van der Waals surface area contributed by atoms with Gasteiger partial charge in [-0.25, -0.2) is 14.6 Å². The smallest absolute Gasteiger partial charge is 0.343 e. The Labute approximate surface area is 203 Å². The first kappa shape index (κ1) is 22.9. The predicted molar refractivity (Wildman–Crippen MR) is 130 cm³/mol. The normalized spacial score (nSPS) is 13.8. The zero-order valence-corrected chi connectivity index (χ0v) is 19.3. The number of amides is 5. The zero-order valence-electron chi connectivity index (χ0n) is 17.7. The van der Waals surface area contributed by atoms with Crippen LogP contribution in [-0.4, -0.2) is 30.4 Å². The van der Waals surface area contributed by atoms with E-state index in [1.54, 1.807) is 78.9 Å². The number of rotatable bonds is 6. The third-order valence-electron chi connectivity index (χ3n) is 4.92. The first-order valence-corrected chi connectivity index (χ1v) is 10.9. The van der Waals surface area contributed by atoms with E-state index in [0.717, 1.165) is 9.80 Å². The highest BCUT2D eigenvalue weighted by Crippen LogP contribution is 2.32. The van der Waals surface area contributed by atoms with Crippen LogP contribution in [0.4, 0.5) is 16.2 Å². The van der Waals surface area contributed by atoms with Gasteiger partial charge in [-0.1, -0.05) is 52.3 Å². The van der Waals surface area contributed by atoms with Gasteiger partial charge in [-0.3, -0.25) is 14.4 Å². The molecular weight excluding hydrogens is 502 g/mol. The molecule has 8 nitrogen and oxygen atoms in total. The van der Waals surface area contributed by atoms with Crippen LogP contribution in [-0.2, 0) is 14.4 Å². The number of imide groups is 2. The lowest BCUT2D eigenvalue weighted by atomic mass is 10.0. The summed E-state index contributed by atoms with van der Waals surface area (Å²) in [7, 11) is 0. The number of carbonyl (C=O) groups is 4. The summed E-state index contributed by atoms with van der Waals surface area (Å²) in [5.74, 6) is -2.00. The van der Waals surface area contributed by atoms with E-state index in [-0.39, 0.29) is 17.9 Å². The number of halogens is 1. The molecular formula is C25H18BrN3O5. The van der Waals surface area contributed by atoms with Crippen LogP contribution < -0.4 is 20.3 Å². The van der Waals surface area contributed by atoms with Crippen molar-refractivity contribution in [1.82, 2.24) is 0 Å². The summed E-state index contributed by atoms with van der Waals surface area (Å²) in [5, 5.41) is 0. The number of para-hydroxylation sites is 2. The molecule has 0 radical (unpaired) electrons. The number of benzene rings is 3. The number of nitrogens with two attached hydrogens (primary N) is 1. The maximum Gasteiger partial charge on any atom is 0.343 e. The minimum absolute atomic E-state index is 0.240. The van der Waals surface area contributed by atoms with E-state index in [2.05, 4.69) is 15.9 Å². The van der Waals surface area contributed by atoms with Crippen molar-refractivity contribution in [2.75, 3.05) is 16.4 Å². The van der Waals surface area contributed by atoms with Crippen molar-refractivity contribution in [1.29, 1.82) is 0 Å². The Hall–Kier alpha value is -4.24. The standard InChI is InChI=1S/C25H18BrN3O5/c26-17-11-12-21(34-15-22(27)30)16(13-17)14-20-23(31)28(18-7-3-1-4-8-18)25(33)29(24(20)32)19-9-5-2-6-10-19/h1-14H,15H2,(H2,27,30). The lowest BCUT2D eigenvalue weighted by molar-refractivity contribution is -0.121. The molecule has 5 amide bonds. The summed E-state index contributed by atoms with van der Waals surface area (Å²) in [6.07, 6.45) is 1.34. The number of urea groups is 1. The van der Waals surface area contributed by atoms with E-state index >= 15 is 0 Å². The van der Waals surface area contributed by atoms with Crippen LogP contribution in [0.15, 0.2) is 88.9 Å². The topological polar surface area (TPSA) is 110 Å². The molecule has 2 N–H and O–H groups in total. The molecule has 1 aliphatic rings. The number of anilines is 2. The second-order valence-corrected chi connectivity index (χ2v) is 8.15. The fourth-order valence-electron chi connectivity index (χ4n) is 3.41. The molecule has 3 aromatic carbocycles. The molecule has 170 valence electrons. The van der Waals surface area contributed by atoms with Crippen molar-refractivity contribution in [3.8, 4) is 5.75 Å². The van der Waals surface area contributed by atoms with Crippen LogP contribution in [0.1, 0.15) is 5.56 Å². The largest absolute Gasteiger partial charge is 0.483 e. The van der Waals surface area contributed by atoms with Gasteiger partial charge >= 0.3 is 6.03 Å². The quantitative estimate of drug-likeness (QED) is 0.392. The average molecular weight is 520 g/mol. The molecule has 1 saturated heterocycles. The summed E-state index contributed by atoms with van der Waals surface area (Å²) in [6.45, 7) is -0.384. The third-order valence-corrected chi connectivity index (χ3v) is 5.41. The molecule has 0 atom stereocenters. The predicted octanol–water partition coefficient (Wildman–Crippen LogP) is 3.90. The first-order chi connectivity index (χ1) is 16.4. The highest BCUT2D eigenvalue weighted by molar-refractivity contribution is 9.10. The number of carbonyl (C=O) groups excluding carboxylic acids is 4. The van der Waals surface area contributed by atoms with E-state index in [1.807, 2.05) is 0 Å². The summed E-state index contributed by atoms with van der Waals surface area (Å²) in [6, 6.07) is 20.8. The minimum atomic E-state index is -0.788. The zero-order chi connectivity index (χ0) is 24.2. The second kappa shape index (κ2) is 9.72. The molecule has 0 aliphatic carbocycles. The molecule has 0 saturated carbocycles. The fraction of sp³-hybridized carbons (Fsp3) is 0.0400. The van der Waals surface area contributed by atoms with Crippen LogP contribution in [0.3, 0.4) is 0 Å². The number of hydrogen-bond donors (Lipinski definition) is 1. The van der Waals surface area contributed by atoms with Gasteiger partial charge in [-0.2, -0.15) is 0 Å². The Morgan fingerprint density at radius 1 is 0.853 bits per heavy atom. The molecule has 4 rings (SSSR count). The van der Waals surface area contributed by atoms with Crippen molar-refractivity contribution < 1.29 is 23.9 Å². The number of ether oxygens (including phenoxy) is 1. The molecule has 0 spiro atoms. The highest BCUT2D eigenvalue weighted by atomic mass is 79.9. The van der Waals surface area contributed by atoms with Crippen molar-refractivity contribution in [3.05, 3.63) is 94.5 Å². The molecule has 9 heteroatoms.